The number of methoxy groups -OCH3 is 1. The minimum absolute atomic E-state index is 0.255. The van der Waals surface area contributed by atoms with E-state index >= 15 is 0 Å². The van der Waals surface area contributed by atoms with Gasteiger partial charge in [0.1, 0.15) is 21.8 Å². The van der Waals surface area contributed by atoms with Crippen molar-refractivity contribution in [3.63, 3.8) is 0 Å². The summed E-state index contributed by atoms with van der Waals surface area (Å²) in [4.78, 5) is 13.7. The second kappa shape index (κ2) is 8.31. The third kappa shape index (κ3) is 5.89. The van der Waals surface area contributed by atoms with Gasteiger partial charge in [0.25, 0.3) is 0 Å². The van der Waals surface area contributed by atoms with Crippen molar-refractivity contribution < 1.29 is 9.53 Å². The molecule has 0 bridgehead atoms. The summed E-state index contributed by atoms with van der Waals surface area (Å²) in [7, 11) is 1.58. The lowest BCUT2D eigenvalue weighted by Gasteiger charge is -2.07. The number of ketones is 1. The van der Waals surface area contributed by atoms with E-state index in [1.165, 1.54) is 0 Å². The summed E-state index contributed by atoms with van der Waals surface area (Å²) in [6.07, 6.45) is 1.45. The first-order valence-electron chi connectivity index (χ1n) is 5.34. The predicted octanol–water partition coefficient (Wildman–Crippen LogP) is 3.94. The van der Waals surface area contributed by atoms with Crippen LogP contribution in [0.4, 0.5) is 0 Å². The molecule has 0 saturated carbocycles. The Balaban J connectivity index is 0.000000437. The smallest absolute Gasteiger partial charge is 0.137 e. The van der Waals surface area contributed by atoms with Gasteiger partial charge in [-0.1, -0.05) is 37.0 Å². The summed E-state index contributed by atoms with van der Waals surface area (Å²) in [5.74, 6) is 0.951. The molecular weight excluding hydrogens is 261 g/mol. The summed E-state index contributed by atoms with van der Waals surface area (Å²) in [6.45, 7) is 5.42. The molecule has 0 atom stereocenters. The molecule has 1 aromatic rings. The zero-order valence-corrected chi connectivity index (χ0v) is 12.0. The fourth-order valence-electron chi connectivity index (χ4n) is 0.993. The van der Waals surface area contributed by atoms with Gasteiger partial charge in [0.2, 0.25) is 0 Å². The normalized spacial score (nSPS) is 9.29. The molecule has 0 radical (unpaired) electrons. The molecule has 1 aromatic heterocycles. The van der Waals surface area contributed by atoms with Gasteiger partial charge >= 0.3 is 0 Å². The van der Waals surface area contributed by atoms with E-state index in [0.29, 0.717) is 22.5 Å². The van der Waals surface area contributed by atoms with Crippen molar-refractivity contribution in [2.24, 2.45) is 0 Å². The van der Waals surface area contributed by atoms with Gasteiger partial charge in [-0.15, -0.1) is 0 Å². The maximum absolute atomic E-state index is 9.81. The van der Waals surface area contributed by atoms with E-state index in [2.05, 4.69) is 4.98 Å². The maximum atomic E-state index is 9.81. The molecular formula is C12H17Cl2NO2. The molecule has 1 rings (SSSR count). The van der Waals surface area contributed by atoms with Crippen LogP contribution in [0.5, 0.6) is 5.75 Å². The van der Waals surface area contributed by atoms with Gasteiger partial charge in [0.15, 0.2) is 0 Å². The topological polar surface area (TPSA) is 39.2 Å². The molecule has 17 heavy (non-hydrogen) atoms. The van der Waals surface area contributed by atoms with Crippen molar-refractivity contribution in [3.8, 4) is 5.75 Å². The first kappa shape index (κ1) is 16.2. The van der Waals surface area contributed by atoms with E-state index in [1.807, 2.05) is 13.8 Å². The molecule has 0 aliphatic carbocycles. The van der Waals surface area contributed by atoms with Crippen LogP contribution in [0.2, 0.25) is 10.3 Å². The molecule has 3 nitrogen and oxygen atoms in total. The van der Waals surface area contributed by atoms with Crippen molar-refractivity contribution in [1.82, 2.24) is 4.98 Å². The average Bonchev–Trinajstić information content (AvgIpc) is 2.28. The summed E-state index contributed by atoms with van der Waals surface area (Å²) in [5.41, 5.74) is 0.892. The Morgan fingerprint density at radius 1 is 1.41 bits per heavy atom. The number of halogens is 2. The van der Waals surface area contributed by atoms with Crippen LogP contribution in [0.25, 0.3) is 0 Å². The minimum atomic E-state index is 0.255. The van der Waals surface area contributed by atoms with Crippen LogP contribution in [-0.2, 0) is 11.2 Å². The zero-order chi connectivity index (χ0) is 13.4. The molecule has 5 heteroatoms. The van der Waals surface area contributed by atoms with Crippen LogP contribution in [-0.4, -0.2) is 17.9 Å². The number of hydrogen-bond acceptors (Lipinski definition) is 3. The second-order valence-corrected chi connectivity index (χ2v) is 4.07. The van der Waals surface area contributed by atoms with Crippen molar-refractivity contribution in [2.75, 3.05) is 7.11 Å². The Hall–Kier alpha value is -0.800. The van der Waals surface area contributed by atoms with Crippen LogP contribution >= 0.6 is 23.2 Å². The molecule has 0 aromatic carbocycles. The summed E-state index contributed by atoms with van der Waals surface area (Å²) >= 11 is 11.5. The number of carbonyl (C=O) groups excluding carboxylic acids is 1. The lowest BCUT2D eigenvalue weighted by atomic mass is 10.2. The highest BCUT2D eigenvalue weighted by Crippen LogP contribution is 2.27. The molecule has 0 saturated heterocycles. The van der Waals surface area contributed by atoms with Crippen LogP contribution in [0.3, 0.4) is 0 Å². The molecule has 0 amide bonds. The standard InChI is InChI=1S/C8H9Cl2NO.C4H8O/c1-3-5-6(12-2)4-7(9)11-8(5)10;1-3-4(2)5/h4H,3H2,1-2H3;3H2,1-2H3. The monoisotopic (exact) mass is 277 g/mol. The van der Waals surface area contributed by atoms with Gasteiger partial charge < -0.3 is 9.53 Å². The van der Waals surface area contributed by atoms with Crippen LogP contribution in [0.1, 0.15) is 32.8 Å². The largest absolute Gasteiger partial charge is 0.496 e. The predicted molar refractivity (Wildman–Crippen MR) is 71.2 cm³/mol. The highest BCUT2D eigenvalue weighted by Gasteiger charge is 2.08. The average molecular weight is 278 g/mol. The number of rotatable bonds is 3. The Kier molecular flexibility index (Phi) is 7.92. The summed E-state index contributed by atoms with van der Waals surface area (Å²) in [6, 6.07) is 1.66. The van der Waals surface area contributed by atoms with E-state index in [9.17, 15) is 4.79 Å². The number of pyridine rings is 1. The van der Waals surface area contributed by atoms with Crippen molar-refractivity contribution in [3.05, 3.63) is 21.9 Å². The second-order valence-electron chi connectivity index (χ2n) is 3.33. The number of carbonyl (C=O) groups is 1. The van der Waals surface area contributed by atoms with Crippen molar-refractivity contribution in [1.29, 1.82) is 0 Å². The lowest BCUT2D eigenvalue weighted by molar-refractivity contribution is -0.116. The van der Waals surface area contributed by atoms with Crippen molar-refractivity contribution >= 4 is 29.0 Å². The first-order chi connectivity index (χ1) is 7.96. The number of hydrogen-bond donors (Lipinski definition) is 0. The lowest BCUT2D eigenvalue weighted by Crippen LogP contribution is -1.93. The van der Waals surface area contributed by atoms with E-state index in [0.717, 1.165) is 12.0 Å². The van der Waals surface area contributed by atoms with Gasteiger partial charge in [-0.05, 0) is 13.3 Å². The third-order valence-corrected chi connectivity index (χ3v) is 2.58. The highest BCUT2D eigenvalue weighted by atomic mass is 35.5. The SMILES string of the molecule is CCC(C)=O.CCc1c(OC)cc(Cl)nc1Cl. The quantitative estimate of drug-likeness (QED) is 0.786. The Morgan fingerprint density at radius 3 is 2.29 bits per heavy atom. The third-order valence-electron chi connectivity index (χ3n) is 2.07. The Bertz CT molecular complexity index is 381. The molecule has 0 aliphatic rings. The van der Waals surface area contributed by atoms with Gasteiger partial charge in [0, 0.05) is 18.1 Å². The van der Waals surface area contributed by atoms with E-state index in [-0.39, 0.29) is 5.78 Å². The van der Waals surface area contributed by atoms with Gasteiger partial charge in [-0.2, -0.15) is 0 Å². The molecule has 0 fully saturated rings. The van der Waals surface area contributed by atoms with Gasteiger partial charge in [-0.25, -0.2) is 4.98 Å². The summed E-state index contributed by atoms with van der Waals surface area (Å²) < 4.78 is 5.09. The molecule has 0 unspecified atom stereocenters. The maximum Gasteiger partial charge on any atom is 0.137 e. The fourth-order valence-corrected chi connectivity index (χ4v) is 1.54. The number of Topliss-reactive ketones (excluding diaryl/α,β-unsaturated/α-hetero) is 1. The van der Waals surface area contributed by atoms with Crippen LogP contribution in [0, 0.1) is 0 Å². The van der Waals surface area contributed by atoms with E-state index in [4.69, 9.17) is 27.9 Å². The Labute approximate surface area is 112 Å². The van der Waals surface area contributed by atoms with Gasteiger partial charge in [-0.3, -0.25) is 0 Å². The molecule has 96 valence electrons. The molecule has 0 N–H and O–H groups in total. The first-order valence-corrected chi connectivity index (χ1v) is 6.10. The number of ether oxygens (including phenoxy) is 1. The summed E-state index contributed by atoms with van der Waals surface area (Å²) in [5, 5.41) is 0.774. The van der Waals surface area contributed by atoms with Crippen LogP contribution in [0.15, 0.2) is 6.07 Å². The van der Waals surface area contributed by atoms with Crippen LogP contribution < -0.4 is 4.74 Å². The van der Waals surface area contributed by atoms with E-state index < -0.39 is 0 Å². The molecule has 0 spiro atoms. The van der Waals surface area contributed by atoms with E-state index in [1.54, 1.807) is 20.1 Å². The zero-order valence-electron chi connectivity index (χ0n) is 10.5. The molecule has 1 heterocycles. The van der Waals surface area contributed by atoms with Crippen molar-refractivity contribution in [2.45, 2.75) is 33.6 Å². The van der Waals surface area contributed by atoms with Gasteiger partial charge in [0.05, 0.1) is 7.11 Å². The number of aromatic nitrogens is 1. The Morgan fingerprint density at radius 2 is 1.94 bits per heavy atom. The molecule has 0 aliphatic heterocycles. The highest BCUT2D eigenvalue weighted by molar-refractivity contribution is 6.33. The fraction of sp³-hybridized carbons (Fsp3) is 0.500. The number of nitrogens with zero attached hydrogens (tertiary/aromatic N) is 1. The minimum Gasteiger partial charge on any atom is -0.496 e.